The molecule has 1 saturated heterocycles. The van der Waals surface area contributed by atoms with Crippen LogP contribution in [0.3, 0.4) is 0 Å². The SMILES string of the molecule is CCCCc1cccc(-c2nc(-c3ccc4c(c3)CN(C3CCC(=O)NC3=O)C4=O)cn2C)c1. The highest BCUT2D eigenvalue weighted by Gasteiger charge is 2.39. The molecule has 1 N–H and O–H groups in total. The molecule has 1 atom stereocenters. The van der Waals surface area contributed by atoms with Crippen LogP contribution in [0, 0.1) is 0 Å². The van der Waals surface area contributed by atoms with Crippen molar-refractivity contribution in [3.63, 3.8) is 0 Å². The van der Waals surface area contributed by atoms with Gasteiger partial charge >= 0.3 is 0 Å². The molecule has 0 radical (unpaired) electrons. The Kier molecular flexibility index (Phi) is 5.77. The van der Waals surface area contributed by atoms with E-state index in [4.69, 9.17) is 4.98 Å². The quantitative estimate of drug-likeness (QED) is 0.571. The Bertz CT molecular complexity index is 1290. The largest absolute Gasteiger partial charge is 0.333 e. The number of imidazole rings is 1. The topological polar surface area (TPSA) is 84.3 Å². The van der Waals surface area contributed by atoms with Crippen molar-refractivity contribution in [1.29, 1.82) is 0 Å². The molecule has 0 aliphatic carbocycles. The van der Waals surface area contributed by atoms with Gasteiger partial charge in [-0.25, -0.2) is 4.98 Å². The van der Waals surface area contributed by atoms with Crippen LogP contribution in [0.2, 0.25) is 0 Å². The number of imide groups is 1. The predicted molar refractivity (Wildman–Crippen MR) is 129 cm³/mol. The number of aromatic nitrogens is 2. The molecular weight excluding hydrogens is 428 g/mol. The molecular formula is C27H28N4O3. The van der Waals surface area contributed by atoms with Crippen LogP contribution in [0.4, 0.5) is 0 Å². The molecule has 1 aromatic heterocycles. The Morgan fingerprint density at radius 1 is 1.09 bits per heavy atom. The summed E-state index contributed by atoms with van der Waals surface area (Å²) in [6.45, 7) is 2.55. The van der Waals surface area contributed by atoms with E-state index in [1.165, 1.54) is 18.4 Å². The van der Waals surface area contributed by atoms with Crippen molar-refractivity contribution in [3.8, 4) is 22.6 Å². The van der Waals surface area contributed by atoms with Crippen LogP contribution in [0.15, 0.2) is 48.7 Å². The molecule has 2 aromatic carbocycles. The van der Waals surface area contributed by atoms with Crippen LogP contribution >= 0.6 is 0 Å². The smallest absolute Gasteiger partial charge is 0.255 e. The van der Waals surface area contributed by atoms with Crippen molar-refractivity contribution in [1.82, 2.24) is 19.8 Å². The van der Waals surface area contributed by atoms with Crippen LogP contribution in [0.5, 0.6) is 0 Å². The first-order valence-electron chi connectivity index (χ1n) is 11.8. The van der Waals surface area contributed by atoms with Crippen molar-refractivity contribution in [3.05, 3.63) is 65.4 Å². The van der Waals surface area contributed by atoms with Gasteiger partial charge in [-0.3, -0.25) is 19.7 Å². The second-order valence-electron chi connectivity index (χ2n) is 9.14. The zero-order valence-corrected chi connectivity index (χ0v) is 19.5. The first kappa shape index (κ1) is 22.1. The first-order chi connectivity index (χ1) is 16.4. The number of hydrogen-bond donors (Lipinski definition) is 1. The van der Waals surface area contributed by atoms with Crippen molar-refractivity contribution < 1.29 is 14.4 Å². The standard InChI is InChI=1S/C27H28N4O3/c1-3-4-6-17-7-5-8-19(13-17)25-28-22(16-30(25)2)18-9-10-21-20(14-18)15-31(27(21)34)23-11-12-24(32)29-26(23)33/h5,7-10,13-14,16,23H,3-4,6,11-12,15H2,1-2H3,(H,29,32,33). The number of nitrogens with one attached hydrogen (secondary N) is 1. The molecule has 2 aliphatic rings. The predicted octanol–water partition coefficient (Wildman–Crippen LogP) is 3.86. The highest BCUT2D eigenvalue weighted by molar-refractivity contribution is 6.05. The molecule has 0 saturated carbocycles. The minimum absolute atomic E-state index is 0.165. The lowest BCUT2D eigenvalue weighted by atomic mass is 10.0. The Morgan fingerprint density at radius 2 is 1.94 bits per heavy atom. The molecule has 2 aliphatic heterocycles. The van der Waals surface area contributed by atoms with E-state index in [1.54, 1.807) is 4.90 Å². The fourth-order valence-electron chi connectivity index (χ4n) is 4.85. The summed E-state index contributed by atoms with van der Waals surface area (Å²) in [5.74, 6) is 0.0551. The van der Waals surface area contributed by atoms with E-state index >= 15 is 0 Å². The van der Waals surface area contributed by atoms with Crippen LogP contribution in [0.25, 0.3) is 22.6 Å². The van der Waals surface area contributed by atoms with Crippen LogP contribution < -0.4 is 5.32 Å². The third-order valence-electron chi connectivity index (χ3n) is 6.70. The molecule has 34 heavy (non-hydrogen) atoms. The molecule has 7 nitrogen and oxygen atoms in total. The molecule has 3 heterocycles. The summed E-state index contributed by atoms with van der Waals surface area (Å²) >= 11 is 0. The zero-order chi connectivity index (χ0) is 23.8. The average Bonchev–Trinajstić information content (AvgIpc) is 3.37. The van der Waals surface area contributed by atoms with E-state index in [2.05, 4.69) is 36.5 Å². The van der Waals surface area contributed by atoms with Gasteiger partial charge in [-0.1, -0.05) is 37.6 Å². The fraction of sp³-hybridized carbons (Fsp3) is 0.333. The number of nitrogens with zero attached hydrogens (tertiary/aromatic N) is 3. The number of unbranched alkanes of at least 4 members (excludes halogenated alkanes) is 1. The number of piperidine rings is 1. The van der Waals surface area contributed by atoms with Gasteiger partial charge in [-0.05, 0) is 48.6 Å². The molecule has 3 amide bonds. The van der Waals surface area contributed by atoms with Crippen molar-refractivity contribution >= 4 is 17.7 Å². The molecule has 3 aromatic rings. The normalized spacial score (nSPS) is 17.8. The number of carbonyl (C=O) groups is 3. The maximum absolute atomic E-state index is 13.0. The first-order valence-corrected chi connectivity index (χ1v) is 11.8. The highest BCUT2D eigenvalue weighted by Crippen LogP contribution is 2.32. The van der Waals surface area contributed by atoms with Crippen molar-refractivity contribution in [2.24, 2.45) is 7.05 Å². The zero-order valence-electron chi connectivity index (χ0n) is 19.5. The summed E-state index contributed by atoms with van der Waals surface area (Å²) < 4.78 is 2.03. The molecule has 5 rings (SSSR count). The van der Waals surface area contributed by atoms with E-state index < -0.39 is 11.9 Å². The third kappa shape index (κ3) is 4.02. The summed E-state index contributed by atoms with van der Waals surface area (Å²) in [4.78, 5) is 43.2. The van der Waals surface area contributed by atoms with Gasteiger partial charge in [0.05, 0.1) is 5.69 Å². The number of aryl methyl sites for hydroxylation is 2. The van der Waals surface area contributed by atoms with Gasteiger partial charge < -0.3 is 9.47 Å². The number of fused-ring (bicyclic) bond motifs is 1. The monoisotopic (exact) mass is 456 g/mol. The van der Waals surface area contributed by atoms with E-state index in [0.29, 0.717) is 18.5 Å². The average molecular weight is 457 g/mol. The van der Waals surface area contributed by atoms with E-state index in [-0.39, 0.29) is 18.2 Å². The van der Waals surface area contributed by atoms with Crippen LogP contribution in [-0.4, -0.2) is 38.2 Å². The number of benzene rings is 2. The molecule has 1 unspecified atom stereocenters. The Morgan fingerprint density at radius 3 is 2.74 bits per heavy atom. The van der Waals surface area contributed by atoms with Crippen LogP contribution in [0.1, 0.15) is 54.1 Å². The summed E-state index contributed by atoms with van der Waals surface area (Å²) in [6, 6.07) is 13.6. The second kappa shape index (κ2) is 8.89. The number of carbonyl (C=O) groups excluding carboxylic acids is 3. The lowest BCUT2D eigenvalue weighted by Crippen LogP contribution is -2.52. The summed E-state index contributed by atoms with van der Waals surface area (Å²) in [6.07, 6.45) is 6.00. The highest BCUT2D eigenvalue weighted by atomic mass is 16.2. The van der Waals surface area contributed by atoms with E-state index in [1.807, 2.05) is 36.0 Å². The minimum Gasteiger partial charge on any atom is -0.333 e. The third-order valence-corrected chi connectivity index (χ3v) is 6.70. The second-order valence-corrected chi connectivity index (χ2v) is 9.14. The van der Waals surface area contributed by atoms with Gasteiger partial charge in [-0.15, -0.1) is 0 Å². The maximum Gasteiger partial charge on any atom is 0.255 e. The van der Waals surface area contributed by atoms with Crippen molar-refractivity contribution in [2.75, 3.05) is 0 Å². The van der Waals surface area contributed by atoms with Gasteiger partial charge in [0.1, 0.15) is 11.9 Å². The molecule has 7 heteroatoms. The summed E-state index contributed by atoms with van der Waals surface area (Å²) in [5.41, 5.74) is 5.65. The lowest BCUT2D eigenvalue weighted by Gasteiger charge is -2.29. The van der Waals surface area contributed by atoms with Crippen molar-refractivity contribution in [2.45, 2.75) is 51.6 Å². The Hall–Kier alpha value is -3.74. The van der Waals surface area contributed by atoms with Gasteiger partial charge in [0.15, 0.2) is 0 Å². The van der Waals surface area contributed by atoms with E-state index in [0.717, 1.165) is 34.6 Å². The van der Waals surface area contributed by atoms with Gasteiger partial charge in [0.2, 0.25) is 11.8 Å². The molecule has 0 spiro atoms. The minimum atomic E-state index is -0.609. The summed E-state index contributed by atoms with van der Waals surface area (Å²) in [7, 11) is 1.99. The van der Waals surface area contributed by atoms with Gasteiger partial charge in [0, 0.05) is 42.9 Å². The van der Waals surface area contributed by atoms with E-state index in [9.17, 15) is 14.4 Å². The van der Waals surface area contributed by atoms with Gasteiger partial charge in [-0.2, -0.15) is 0 Å². The van der Waals surface area contributed by atoms with Gasteiger partial charge in [0.25, 0.3) is 5.91 Å². The lowest BCUT2D eigenvalue weighted by molar-refractivity contribution is -0.136. The Labute approximate surface area is 198 Å². The fourth-order valence-corrected chi connectivity index (χ4v) is 4.85. The Balaban J connectivity index is 1.40. The molecule has 1 fully saturated rings. The number of hydrogen-bond acceptors (Lipinski definition) is 4. The molecule has 0 bridgehead atoms. The number of rotatable bonds is 6. The molecule has 174 valence electrons. The summed E-state index contributed by atoms with van der Waals surface area (Å²) in [5, 5.41) is 2.35. The number of amides is 3. The maximum atomic E-state index is 13.0. The van der Waals surface area contributed by atoms with Crippen LogP contribution in [-0.2, 0) is 29.6 Å².